The molecule has 3 aromatic heterocycles. The SMILES string of the molecule is CCC(C)(CC)C(=O)/C=C(\O)C(C)(CC)CC.Cc1c(CC(C)C)oc2c(-c3cc4ccnc(-c5[c-]c6ccccc6c(C(C)(C)C)c5)c4s3)cccc12.[Ir]. The Morgan fingerprint density at radius 1 is 0.891 bits per heavy atom. The van der Waals surface area contributed by atoms with Gasteiger partial charge >= 0.3 is 0 Å². The van der Waals surface area contributed by atoms with Crippen LogP contribution in [0.4, 0.5) is 0 Å². The predicted octanol–water partition coefficient (Wildman–Crippen LogP) is 14.8. The molecule has 1 N–H and O–H groups in total. The van der Waals surface area contributed by atoms with Gasteiger partial charge in [0.15, 0.2) is 5.78 Å². The van der Waals surface area contributed by atoms with Crippen LogP contribution in [-0.4, -0.2) is 15.9 Å². The van der Waals surface area contributed by atoms with Crippen LogP contribution in [0.1, 0.15) is 119 Å². The smallest absolute Gasteiger partial charge is 0.164 e. The van der Waals surface area contributed by atoms with Gasteiger partial charge in [0.2, 0.25) is 0 Å². The third kappa shape index (κ3) is 9.19. The van der Waals surface area contributed by atoms with Crippen molar-refractivity contribution in [3.8, 4) is 21.7 Å². The Morgan fingerprint density at radius 3 is 2.15 bits per heavy atom. The molecule has 0 saturated carbocycles. The number of allylic oxidation sites excluding steroid dienone is 2. The molecule has 3 heterocycles. The van der Waals surface area contributed by atoms with Gasteiger partial charge in [0, 0.05) is 75.8 Å². The third-order valence-corrected chi connectivity index (χ3v) is 13.0. The number of hydrogen-bond donors (Lipinski definition) is 1. The molecule has 0 unspecified atom stereocenters. The van der Waals surface area contributed by atoms with Crippen LogP contribution < -0.4 is 0 Å². The number of benzene rings is 3. The summed E-state index contributed by atoms with van der Waals surface area (Å²) in [5.41, 5.74) is 6.18. The van der Waals surface area contributed by atoms with Crippen LogP contribution in [0.25, 0.3) is 53.5 Å². The average molecular weight is 935 g/mol. The van der Waals surface area contributed by atoms with Crippen molar-refractivity contribution in [3.05, 3.63) is 102 Å². The first-order valence-corrected chi connectivity index (χ1v) is 20.6. The second kappa shape index (κ2) is 17.7. The maximum Gasteiger partial charge on any atom is 0.164 e. The van der Waals surface area contributed by atoms with Crippen LogP contribution in [0.2, 0.25) is 0 Å². The van der Waals surface area contributed by atoms with E-state index in [9.17, 15) is 9.90 Å². The molecule has 0 aliphatic rings. The number of hydrogen-bond acceptors (Lipinski definition) is 5. The Balaban J connectivity index is 0.000000320. The van der Waals surface area contributed by atoms with E-state index in [1.807, 2.05) is 47.7 Å². The largest absolute Gasteiger partial charge is 0.512 e. The number of furan rings is 1. The Bertz CT molecular complexity index is 2290. The summed E-state index contributed by atoms with van der Waals surface area (Å²) in [6, 6.07) is 25.4. The quantitative estimate of drug-likeness (QED) is 0.0799. The topological polar surface area (TPSA) is 63.3 Å². The summed E-state index contributed by atoms with van der Waals surface area (Å²) in [7, 11) is 0. The fraction of sp³-hybridized carbons (Fsp3) is 0.429. The van der Waals surface area contributed by atoms with Gasteiger partial charge in [0.05, 0.1) is 0 Å². The minimum absolute atomic E-state index is 0. The number of carbonyl (C=O) groups excluding carboxylic acids is 1. The molecule has 6 aromatic rings. The molecule has 0 spiro atoms. The van der Waals surface area contributed by atoms with Crippen LogP contribution >= 0.6 is 11.3 Å². The Hall–Kier alpha value is -3.57. The van der Waals surface area contributed by atoms with Crippen molar-refractivity contribution in [2.45, 2.75) is 121 Å². The maximum absolute atomic E-state index is 12.2. The molecule has 0 fully saturated rings. The van der Waals surface area contributed by atoms with E-state index < -0.39 is 0 Å². The number of para-hydroxylation sites is 1. The number of nitrogens with zero attached hydrogens (tertiary/aromatic N) is 1. The van der Waals surface area contributed by atoms with Gasteiger partial charge in [0.1, 0.15) is 17.1 Å². The number of aromatic nitrogens is 1. The van der Waals surface area contributed by atoms with Gasteiger partial charge in [-0.05, 0) is 73.1 Å². The van der Waals surface area contributed by atoms with Gasteiger partial charge in [-0.3, -0.25) is 9.78 Å². The van der Waals surface area contributed by atoms with Gasteiger partial charge in [-0.1, -0.05) is 117 Å². The van der Waals surface area contributed by atoms with Gasteiger partial charge < -0.3 is 9.52 Å². The molecule has 6 heteroatoms. The molecular formula is C49H60IrNO3S-. The zero-order chi connectivity index (χ0) is 39.6. The van der Waals surface area contributed by atoms with E-state index >= 15 is 0 Å². The van der Waals surface area contributed by atoms with Crippen molar-refractivity contribution in [3.63, 3.8) is 0 Å². The minimum Gasteiger partial charge on any atom is -0.512 e. The van der Waals surface area contributed by atoms with E-state index in [1.165, 1.54) is 42.9 Å². The molecule has 0 aliphatic heterocycles. The van der Waals surface area contributed by atoms with E-state index in [0.717, 1.165) is 65.7 Å². The summed E-state index contributed by atoms with van der Waals surface area (Å²) in [4.78, 5) is 18.3. The molecule has 0 amide bonds. The molecular weight excluding hydrogens is 875 g/mol. The number of rotatable bonds is 11. The Kier molecular flexibility index (Phi) is 14.2. The zero-order valence-electron chi connectivity index (χ0n) is 35.0. The van der Waals surface area contributed by atoms with Crippen LogP contribution in [0.15, 0.2) is 83.1 Å². The van der Waals surface area contributed by atoms with Crippen molar-refractivity contribution in [1.29, 1.82) is 0 Å². The average Bonchev–Trinajstić information content (AvgIpc) is 3.73. The molecule has 1 radical (unpaired) electrons. The number of thiophene rings is 1. The number of fused-ring (bicyclic) bond motifs is 3. The molecule has 295 valence electrons. The van der Waals surface area contributed by atoms with Gasteiger partial charge in [0.25, 0.3) is 0 Å². The molecule has 0 bridgehead atoms. The summed E-state index contributed by atoms with van der Waals surface area (Å²) in [5, 5.41) is 14.9. The van der Waals surface area contributed by atoms with Crippen molar-refractivity contribution < 1.29 is 34.4 Å². The summed E-state index contributed by atoms with van der Waals surface area (Å²) in [5.74, 6) is 1.94. The third-order valence-electron chi connectivity index (χ3n) is 11.8. The molecule has 4 nitrogen and oxygen atoms in total. The van der Waals surface area contributed by atoms with Gasteiger partial charge in [-0.25, -0.2) is 0 Å². The first kappa shape index (κ1) is 44.1. The van der Waals surface area contributed by atoms with E-state index in [1.54, 1.807) is 11.3 Å². The number of aryl methyl sites for hydroxylation is 1. The minimum atomic E-state index is -0.337. The van der Waals surface area contributed by atoms with Crippen molar-refractivity contribution in [1.82, 2.24) is 4.98 Å². The van der Waals surface area contributed by atoms with Gasteiger partial charge in [-0.2, -0.15) is 0 Å². The van der Waals surface area contributed by atoms with E-state index in [2.05, 4.69) is 108 Å². The standard InChI is InChI=1S/C34H32NOS.C15H28O2.Ir/c1-20(2)16-29-21(3)25-12-9-13-27(32(25)36-29)30-19-23-14-15-35-31(33(23)37-30)24-17-22-10-7-8-11-26(22)28(18-24)34(4,5)6;1-7-14(5,8-2)12(16)11-13(17)15(6,9-3)10-4;/h7-15,18-20H,16H2,1-6H3;11,16H,7-10H2,1-6H3;/q-1;;/b;12-11-;. The molecule has 3 aromatic carbocycles. The second-order valence-corrected chi connectivity index (χ2v) is 18.0. The number of aliphatic hydroxyl groups is 1. The van der Waals surface area contributed by atoms with Crippen molar-refractivity contribution >= 4 is 48.9 Å². The van der Waals surface area contributed by atoms with E-state index in [4.69, 9.17) is 9.40 Å². The molecule has 0 aliphatic carbocycles. The van der Waals surface area contributed by atoms with Crippen LogP contribution in [-0.2, 0) is 36.7 Å². The first-order chi connectivity index (χ1) is 25.5. The molecule has 0 atom stereocenters. The number of aliphatic hydroxyl groups excluding tert-OH is 1. The van der Waals surface area contributed by atoms with Crippen LogP contribution in [0, 0.1) is 29.7 Å². The Labute approximate surface area is 347 Å². The van der Waals surface area contributed by atoms with Crippen molar-refractivity contribution in [2.24, 2.45) is 16.7 Å². The van der Waals surface area contributed by atoms with E-state index in [0.29, 0.717) is 5.92 Å². The fourth-order valence-corrected chi connectivity index (χ4v) is 8.18. The summed E-state index contributed by atoms with van der Waals surface area (Å²) in [6.45, 7) is 25.6. The molecule has 6 rings (SSSR count). The van der Waals surface area contributed by atoms with Crippen LogP contribution in [0.5, 0.6) is 0 Å². The maximum atomic E-state index is 12.2. The van der Waals surface area contributed by atoms with Gasteiger partial charge in [-0.15, -0.1) is 40.5 Å². The number of carbonyl (C=O) groups is 1. The Morgan fingerprint density at radius 2 is 1.53 bits per heavy atom. The summed E-state index contributed by atoms with van der Waals surface area (Å²) < 4.78 is 7.68. The number of pyridine rings is 1. The molecule has 55 heavy (non-hydrogen) atoms. The normalized spacial score (nSPS) is 12.6. The zero-order valence-corrected chi connectivity index (χ0v) is 38.2. The first-order valence-electron chi connectivity index (χ1n) is 19.8. The summed E-state index contributed by atoms with van der Waals surface area (Å²) in [6.07, 6.45) is 7.63. The summed E-state index contributed by atoms with van der Waals surface area (Å²) >= 11 is 1.79. The second-order valence-electron chi connectivity index (χ2n) is 16.9. The monoisotopic (exact) mass is 935 g/mol. The van der Waals surface area contributed by atoms with E-state index in [-0.39, 0.29) is 47.9 Å². The van der Waals surface area contributed by atoms with Crippen LogP contribution in [0.3, 0.4) is 0 Å². The predicted molar refractivity (Wildman–Crippen MR) is 232 cm³/mol. The van der Waals surface area contributed by atoms with Crippen molar-refractivity contribution in [2.75, 3.05) is 0 Å². The molecule has 0 saturated heterocycles. The number of ketones is 1. The fourth-order valence-electron chi connectivity index (χ4n) is 7.00.